The smallest absolute Gasteiger partial charge is 0.308 e. The van der Waals surface area contributed by atoms with Gasteiger partial charge in [-0.2, -0.15) is 0 Å². The molecule has 0 N–H and O–H groups in total. The van der Waals surface area contributed by atoms with Crippen LogP contribution >= 0.6 is 0 Å². The van der Waals surface area contributed by atoms with E-state index < -0.39 is 0 Å². The molecule has 0 aromatic carbocycles. The standard InChI is InChI=1S/C17H30O4/c1-12(2)15(17(19)21-4)11-14(16(18)20-3)10-13-8-6-5-7-9-13/h12-15H,5-11H2,1-4H3/t14-,15-/m0/s1. The Kier molecular flexibility index (Phi) is 7.76. The monoisotopic (exact) mass is 298 g/mol. The van der Waals surface area contributed by atoms with Crippen molar-refractivity contribution in [1.29, 1.82) is 0 Å². The van der Waals surface area contributed by atoms with Crippen LogP contribution in [-0.4, -0.2) is 26.2 Å². The first-order chi connectivity index (χ1) is 9.99. The van der Waals surface area contributed by atoms with E-state index in [0.717, 1.165) is 6.42 Å². The van der Waals surface area contributed by atoms with Crippen LogP contribution < -0.4 is 0 Å². The molecule has 4 nitrogen and oxygen atoms in total. The van der Waals surface area contributed by atoms with Crippen molar-refractivity contribution in [3.8, 4) is 0 Å². The Morgan fingerprint density at radius 3 is 2.05 bits per heavy atom. The fourth-order valence-corrected chi connectivity index (χ4v) is 3.38. The Hall–Kier alpha value is -1.06. The molecule has 0 aliphatic heterocycles. The van der Waals surface area contributed by atoms with Crippen LogP contribution in [0.2, 0.25) is 0 Å². The molecule has 0 saturated heterocycles. The molecule has 1 saturated carbocycles. The molecule has 122 valence electrons. The van der Waals surface area contributed by atoms with Crippen molar-refractivity contribution in [3.05, 3.63) is 0 Å². The van der Waals surface area contributed by atoms with E-state index in [9.17, 15) is 9.59 Å². The lowest BCUT2D eigenvalue weighted by Crippen LogP contribution is -2.29. The maximum absolute atomic E-state index is 12.1. The van der Waals surface area contributed by atoms with Gasteiger partial charge < -0.3 is 9.47 Å². The largest absolute Gasteiger partial charge is 0.469 e. The van der Waals surface area contributed by atoms with Crippen molar-refractivity contribution in [2.24, 2.45) is 23.7 Å². The Labute approximate surface area is 128 Å². The fourth-order valence-electron chi connectivity index (χ4n) is 3.38. The Bertz CT molecular complexity index is 332. The van der Waals surface area contributed by atoms with Crippen LogP contribution in [0.3, 0.4) is 0 Å². The lowest BCUT2D eigenvalue weighted by Gasteiger charge is -2.28. The van der Waals surface area contributed by atoms with E-state index in [4.69, 9.17) is 9.47 Å². The Morgan fingerprint density at radius 1 is 1.00 bits per heavy atom. The third kappa shape index (κ3) is 5.68. The summed E-state index contributed by atoms with van der Waals surface area (Å²) in [7, 11) is 2.84. The maximum atomic E-state index is 12.1. The molecular weight excluding hydrogens is 268 g/mol. The van der Waals surface area contributed by atoms with Gasteiger partial charge in [0.25, 0.3) is 0 Å². The van der Waals surface area contributed by atoms with Gasteiger partial charge in [-0.25, -0.2) is 0 Å². The average Bonchev–Trinajstić information content (AvgIpc) is 2.50. The van der Waals surface area contributed by atoms with Crippen LogP contribution in [-0.2, 0) is 19.1 Å². The summed E-state index contributed by atoms with van der Waals surface area (Å²) in [6.45, 7) is 3.99. The first kappa shape index (κ1) is 18.0. The van der Waals surface area contributed by atoms with Crippen LogP contribution in [0.4, 0.5) is 0 Å². The van der Waals surface area contributed by atoms with E-state index >= 15 is 0 Å². The summed E-state index contributed by atoms with van der Waals surface area (Å²) in [6.07, 6.45) is 7.57. The average molecular weight is 298 g/mol. The van der Waals surface area contributed by atoms with E-state index in [1.165, 1.54) is 46.3 Å². The quantitative estimate of drug-likeness (QED) is 0.674. The van der Waals surface area contributed by atoms with Crippen molar-refractivity contribution in [3.63, 3.8) is 0 Å². The minimum Gasteiger partial charge on any atom is -0.469 e. The van der Waals surface area contributed by atoms with Gasteiger partial charge in [-0.3, -0.25) is 9.59 Å². The molecule has 0 spiro atoms. The van der Waals surface area contributed by atoms with E-state index in [1.54, 1.807) is 0 Å². The molecule has 0 bridgehead atoms. The van der Waals surface area contributed by atoms with Gasteiger partial charge in [0.2, 0.25) is 0 Å². The summed E-state index contributed by atoms with van der Waals surface area (Å²) < 4.78 is 9.84. The summed E-state index contributed by atoms with van der Waals surface area (Å²) in [5.74, 6) is -0.0748. The molecule has 1 fully saturated rings. The number of hydrogen-bond acceptors (Lipinski definition) is 4. The predicted molar refractivity (Wildman–Crippen MR) is 81.7 cm³/mol. The molecule has 2 atom stereocenters. The fraction of sp³-hybridized carbons (Fsp3) is 0.882. The molecule has 0 heterocycles. The second-order valence-corrected chi connectivity index (χ2v) is 6.57. The van der Waals surface area contributed by atoms with Gasteiger partial charge in [-0.15, -0.1) is 0 Å². The summed E-state index contributed by atoms with van der Waals surface area (Å²) >= 11 is 0. The topological polar surface area (TPSA) is 52.6 Å². The van der Waals surface area contributed by atoms with Crippen LogP contribution in [0.25, 0.3) is 0 Å². The van der Waals surface area contributed by atoms with Gasteiger partial charge in [0, 0.05) is 0 Å². The highest BCUT2D eigenvalue weighted by atomic mass is 16.5. The van der Waals surface area contributed by atoms with Gasteiger partial charge in [-0.05, 0) is 24.7 Å². The van der Waals surface area contributed by atoms with Crippen LogP contribution in [0.5, 0.6) is 0 Å². The molecular formula is C17H30O4. The highest BCUT2D eigenvalue weighted by Gasteiger charge is 2.32. The number of carbonyl (C=O) groups excluding carboxylic acids is 2. The second-order valence-electron chi connectivity index (χ2n) is 6.57. The summed E-state index contributed by atoms with van der Waals surface area (Å²) in [4.78, 5) is 24.0. The SMILES string of the molecule is COC(=O)[C@@H](CC1CCCCC1)C[C@H](C(=O)OC)C(C)C. The van der Waals surface area contributed by atoms with E-state index in [2.05, 4.69) is 0 Å². The number of methoxy groups -OCH3 is 2. The lowest BCUT2D eigenvalue weighted by molar-refractivity contribution is -0.151. The van der Waals surface area contributed by atoms with Crippen molar-refractivity contribution < 1.29 is 19.1 Å². The van der Waals surface area contributed by atoms with Crippen LogP contribution in [0.15, 0.2) is 0 Å². The van der Waals surface area contributed by atoms with Gasteiger partial charge in [0.15, 0.2) is 0 Å². The molecule has 1 aliphatic carbocycles. The molecule has 0 radical (unpaired) electrons. The normalized spacial score (nSPS) is 19.1. The van der Waals surface area contributed by atoms with Crippen molar-refractivity contribution >= 4 is 11.9 Å². The zero-order valence-electron chi connectivity index (χ0n) is 13.9. The van der Waals surface area contributed by atoms with Gasteiger partial charge in [0.05, 0.1) is 26.1 Å². The first-order valence-electron chi connectivity index (χ1n) is 8.15. The first-order valence-corrected chi connectivity index (χ1v) is 8.15. The van der Waals surface area contributed by atoms with Crippen molar-refractivity contribution in [2.75, 3.05) is 14.2 Å². The molecule has 0 amide bonds. The minimum atomic E-state index is -0.234. The van der Waals surface area contributed by atoms with Crippen LogP contribution in [0, 0.1) is 23.7 Å². The zero-order chi connectivity index (χ0) is 15.8. The Morgan fingerprint density at radius 2 is 1.57 bits per heavy atom. The molecule has 0 aromatic heterocycles. The molecule has 0 aromatic rings. The van der Waals surface area contributed by atoms with E-state index in [0.29, 0.717) is 12.3 Å². The van der Waals surface area contributed by atoms with Crippen LogP contribution in [0.1, 0.15) is 58.8 Å². The summed E-state index contributed by atoms with van der Waals surface area (Å²) in [5, 5.41) is 0. The van der Waals surface area contributed by atoms with E-state index in [-0.39, 0.29) is 29.7 Å². The van der Waals surface area contributed by atoms with Crippen molar-refractivity contribution in [1.82, 2.24) is 0 Å². The second kappa shape index (κ2) is 9.06. The highest BCUT2D eigenvalue weighted by molar-refractivity contribution is 5.76. The third-order valence-corrected chi connectivity index (χ3v) is 4.72. The predicted octanol–water partition coefficient (Wildman–Crippen LogP) is 3.58. The minimum absolute atomic E-state index is 0.163. The number of esters is 2. The Balaban J connectivity index is 2.71. The lowest BCUT2D eigenvalue weighted by atomic mass is 9.78. The summed E-state index contributed by atoms with van der Waals surface area (Å²) in [6, 6.07) is 0. The third-order valence-electron chi connectivity index (χ3n) is 4.72. The number of hydrogen-bond donors (Lipinski definition) is 0. The summed E-state index contributed by atoms with van der Waals surface area (Å²) in [5.41, 5.74) is 0. The molecule has 21 heavy (non-hydrogen) atoms. The number of carbonyl (C=O) groups is 2. The number of ether oxygens (including phenoxy) is 2. The van der Waals surface area contributed by atoms with Gasteiger partial charge in [-0.1, -0.05) is 46.0 Å². The number of rotatable bonds is 7. The van der Waals surface area contributed by atoms with Gasteiger partial charge in [0.1, 0.15) is 0 Å². The molecule has 0 unspecified atom stereocenters. The zero-order valence-corrected chi connectivity index (χ0v) is 13.9. The van der Waals surface area contributed by atoms with E-state index in [1.807, 2.05) is 13.8 Å². The molecule has 1 rings (SSSR count). The maximum Gasteiger partial charge on any atom is 0.308 e. The highest BCUT2D eigenvalue weighted by Crippen LogP contribution is 2.33. The molecule has 4 heteroatoms. The van der Waals surface area contributed by atoms with Crippen molar-refractivity contribution in [2.45, 2.75) is 58.8 Å². The van der Waals surface area contributed by atoms with Gasteiger partial charge >= 0.3 is 11.9 Å². The molecule has 1 aliphatic rings.